The van der Waals surface area contributed by atoms with E-state index in [9.17, 15) is 9.59 Å². The minimum absolute atomic E-state index is 0.0296. The molecule has 4 heteroatoms. The third-order valence-electron chi connectivity index (χ3n) is 4.09. The van der Waals surface area contributed by atoms with Crippen molar-refractivity contribution in [2.45, 2.75) is 25.3 Å². The third kappa shape index (κ3) is 2.13. The molecule has 0 spiro atoms. The smallest absolute Gasteiger partial charge is 0.252 e. The Hall–Kier alpha value is -2.49. The van der Waals surface area contributed by atoms with Gasteiger partial charge in [0.15, 0.2) is 5.78 Å². The van der Waals surface area contributed by atoms with Gasteiger partial charge in [0.2, 0.25) is 0 Å². The molecule has 0 saturated heterocycles. The molecule has 1 aromatic carbocycles. The van der Waals surface area contributed by atoms with E-state index in [1.165, 1.54) is 0 Å². The molecule has 0 radical (unpaired) electrons. The topological polar surface area (TPSA) is 59.1 Å². The number of ketones is 1. The van der Waals surface area contributed by atoms with Crippen molar-refractivity contribution in [3.8, 4) is 0 Å². The first-order chi connectivity index (χ1) is 10.0. The molecule has 1 atom stereocenters. The fraction of sp³-hybridized carbons (Fsp3) is 0.235. The Bertz CT molecular complexity index is 708. The summed E-state index contributed by atoms with van der Waals surface area (Å²) < 4.78 is 0. The quantitative estimate of drug-likeness (QED) is 0.918. The van der Waals surface area contributed by atoms with Gasteiger partial charge in [-0.2, -0.15) is 0 Å². The number of carbonyl (C=O) groups excluding carboxylic acids is 2. The number of benzene rings is 1. The predicted molar refractivity (Wildman–Crippen MR) is 79.3 cm³/mol. The van der Waals surface area contributed by atoms with Gasteiger partial charge in [-0.3, -0.25) is 14.6 Å². The van der Waals surface area contributed by atoms with Crippen LogP contribution >= 0.6 is 0 Å². The van der Waals surface area contributed by atoms with Crippen molar-refractivity contribution < 1.29 is 9.59 Å². The van der Waals surface area contributed by atoms with Crippen LogP contribution in [0.1, 0.15) is 40.1 Å². The van der Waals surface area contributed by atoms with Gasteiger partial charge in [-0.15, -0.1) is 0 Å². The molecule has 0 aliphatic heterocycles. The van der Waals surface area contributed by atoms with E-state index in [2.05, 4.69) is 10.3 Å². The number of hydrogen-bond donors (Lipinski definition) is 1. The minimum Gasteiger partial charge on any atom is -0.341 e. The average molecular weight is 280 g/mol. The number of Topliss-reactive ketones (excluding diaryl/α,β-unsaturated/α-hetero) is 1. The van der Waals surface area contributed by atoms with Crippen molar-refractivity contribution in [2.75, 3.05) is 0 Å². The molecule has 1 unspecified atom stereocenters. The van der Waals surface area contributed by atoms with Crippen LogP contribution in [0.25, 0.3) is 0 Å². The van der Waals surface area contributed by atoms with E-state index in [1.807, 2.05) is 38.1 Å². The van der Waals surface area contributed by atoms with Crippen molar-refractivity contribution >= 4 is 11.7 Å². The van der Waals surface area contributed by atoms with Crippen LogP contribution in [0.15, 0.2) is 48.8 Å². The molecule has 0 fully saturated rings. The van der Waals surface area contributed by atoms with E-state index < -0.39 is 11.5 Å². The van der Waals surface area contributed by atoms with Crippen LogP contribution in [0.5, 0.6) is 0 Å². The van der Waals surface area contributed by atoms with Crippen LogP contribution in [0.3, 0.4) is 0 Å². The Kier molecular flexibility index (Phi) is 3.09. The molecule has 1 N–H and O–H groups in total. The zero-order valence-electron chi connectivity index (χ0n) is 12.0. The van der Waals surface area contributed by atoms with Crippen molar-refractivity contribution in [3.63, 3.8) is 0 Å². The third-order valence-corrected chi connectivity index (χ3v) is 4.09. The Morgan fingerprint density at radius 2 is 1.81 bits per heavy atom. The summed E-state index contributed by atoms with van der Waals surface area (Å²) in [6.45, 7) is 3.96. The lowest BCUT2D eigenvalue weighted by Gasteiger charge is -2.27. The first-order valence-corrected chi connectivity index (χ1v) is 6.86. The molecule has 1 aromatic heterocycles. The van der Waals surface area contributed by atoms with Gasteiger partial charge in [0, 0.05) is 28.9 Å². The van der Waals surface area contributed by atoms with Gasteiger partial charge in [0.25, 0.3) is 5.91 Å². The largest absolute Gasteiger partial charge is 0.341 e. The highest BCUT2D eigenvalue weighted by Gasteiger charge is 2.46. The first-order valence-electron chi connectivity index (χ1n) is 6.86. The molecule has 4 nitrogen and oxygen atoms in total. The molecule has 1 heterocycles. The molecular weight excluding hydrogens is 264 g/mol. The van der Waals surface area contributed by atoms with Crippen molar-refractivity contribution in [3.05, 3.63) is 65.5 Å². The fourth-order valence-corrected chi connectivity index (χ4v) is 2.86. The molecular formula is C17H16N2O2. The van der Waals surface area contributed by atoms with Crippen LogP contribution in [0.2, 0.25) is 0 Å². The number of rotatable bonds is 2. The van der Waals surface area contributed by atoms with Crippen LogP contribution in [-0.2, 0) is 5.41 Å². The van der Waals surface area contributed by atoms with Crippen LogP contribution in [0, 0.1) is 0 Å². The SMILES string of the molecule is CC1(C)c2ccccc2C(=O)C1NC(=O)c1ccncc1. The zero-order valence-corrected chi connectivity index (χ0v) is 12.0. The second-order valence-corrected chi connectivity index (χ2v) is 5.77. The normalized spacial score (nSPS) is 19.1. The molecule has 106 valence electrons. The van der Waals surface area contributed by atoms with Gasteiger partial charge in [0.05, 0.1) is 0 Å². The van der Waals surface area contributed by atoms with Crippen molar-refractivity contribution in [1.29, 1.82) is 0 Å². The van der Waals surface area contributed by atoms with Gasteiger partial charge in [-0.25, -0.2) is 0 Å². The highest BCUT2D eigenvalue weighted by atomic mass is 16.2. The van der Waals surface area contributed by atoms with Gasteiger partial charge in [-0.1, -0.05) is 38.1 Å². The van der Waals surface area contributed by atoms with Crippen LogP contribution < -0.4 is 5.32 Å². The van der Waals surface area contributed by atoms with Crippen molar-refractivity contribution in [2.24, 2.45) is 0 Å². The summed E-state index contributed by atoms with van der Waals surface area (Å²) >= 11 is 0. The lowest BCUT2D eigenvalue weighted by molar-refractivity contribution is 0.0837. The number of hydrogen-bond acceptors (Lipinski definition) is 3. The van der Waals surface area contributed by atoms with E-state index in [-0.39, 0.29) is 11.7 Å². The van der Waals surface area contributed by atoms with Gasteiger partial charge >= 0.3 is 0 Å². The number of nitrogens with one attached hydrogen (secondary N) is 1. The first kappa shape index (κ1) is 13.5. The van der Waals surface area contributed by atoms with E-state index in [0.717, 1.165) is 5.56 Å². The summed E-state index contributed by atoms with van der Waals surface area (Å²) in [5.74, 6) is -0.283. The van der Waals surface area contributed by atoms with Crippen LogP contribution in [-0.4, -0.2) is 22.7 Å². The lowest BCUT2D eigenvalue weighted by Crippen LogP contribution is -2.48. The van der Waals surface area contributed by atoms with E-state index in [0.29, 0.717) is 11.1 Å². The van der Waals surface area contributed by atoms with Gasteiger partial charge in [-0.05, 0) is 17.7 Å². The van der Waals surface area contributed by atoms with Crippen molar-refractivity contribution in [1.82, 2.24) is 10.3 Å². The number of pyridine rings is 1. The summed E-state index contributed by atoms with van der Waals surface area (Å²) in [4.78, 5) is 28.7. The Morgan fingerprint density at radius 3 is 2.48 bits per heavy atom. The molecule has 1 aliphatic carbocycles. The molecule has 0 bridgehead atoms. The molecule has 3 rings (SSSR count). The number of amides is 1. The molecule has 1 amide bonds. The minimum atomic E-state index is -0.546. The Morgan fingerprint density at radius 1 is 1.14 bits per heavy atom. The number of carbonyl (C=O) groups is 2. The number of fused-ring (bicyclic) bond motifs is 1. The lowest BCUT2D eigenvalue weighted by atomic mass is 9.83. The van der Waals surface area contributed by atoms with Gasteiger partial charge < -0.3 is 5.32 Å². The van der Waals surface area contributed by atoms with E-state index in [4.69, 9.17) is 0 Å². The summed E-state index contributed by atoms with van der Waals surface area (Å²) in [6.07, 6.45) is 3.12. The maximum absolute atomic E-state index is 12.6. The van der Waals surface area contributed by atoms with Gasteiger partial charge in [0.1, 0.15) is 6.04 Å². The van der Waals surface area contributed by atoms with E-state index in [1.54, 1.807) is 24.5 Å². The highest BCUT2D eigenvalue weighted by Crippen LogP contribution is 2.38. The highest BCUT2D eigenvalue weighted by molar-refractivity contribution is 6.09. The summed E-state index contributed by atoms with van der Waals surface area (Å²) in [5, 5.41) is 2.87. The Labute approximate surface area is 123 Å². The van der Waals surface area contributed by atoms with Crippen LogP contribution in [0.4, 0.5) is 0 Å². The summed E-state index contributed by atoms with van der Waals surface area (Å²) in [6, 6.07) is 10.3. The summed E-state index contributed by atoms with van der Waals surface area (Å²) in [5.41, 5.74) is 1.76. The standard InChI is InChI=1S/C17H16N2O2/c1-17(2)13-6-4-3-5-12(13)14(20)15(17)19-16(21)11-7-9-18-10-8-11/h3-10,15H,1-2H3,(H,19,21). The maximum atomic E-state index is 12.6. The second-order valence-electron chi connectivity index (χ2n) is 5.77. The van der Waals surface area contributed by atoms with E-state index >= 15 is 0 Å². The number of nitrogens with zero attached hydrogens (tertiary/aromatic N) is 1. The summed E-state index contributed by atoms with van der Waals surface area (Å²) in [7, 11) is 0. The maximum Gasteiger partial charge on any atom is 0.252 e. The fourth-order valence-electron chi connectivity index (χ4n) is 2.86. The number of aromatic nitrogens is 1. The molecule has 21 heavy (non-hydrogen) atoms. The second kappa shape index (κ2) is 4.81. The predicted octanol–water partition coefficient (Wildman–Crippen LogP) is 2.35. The monoisotopic (exact) mass is 280 g/mol. The molecule has 1 aliphatic rings. The zero-order chi connectivity index (χ0) is 15.0. The molecule has 0 saturated carbocycles. The average Bonchev–Trinajstić information content (AvgIpc) is 2.70. The molecule has 2 aromatic rings. The Balaban J connectivity index is 1.91.